The van der Waals surface area contributed by atoms with Crippen LogP contribution in [0.2, 0.25) is 0 Å². The maximum absolute atomic E-state index is 11.5. The minimum atomic E-state index is -0.419. The van der Waals surface area contributed by atoms with Crippen molar-refractivity contribution in [3.05, 3.63) is 35.9 Å². The average Bonchev–Trinajstić information content (AvgIpc) is 2.23. The quantitative estimate of drug-likeness (QED) is 0.684. The number of rotatable bonds is 1. The summed E-state index contributed by atoms with van der Waals surface area (Å²) < 4.78 is 0. The molecule has 0 aliphatic carbocycles. The third kappa shape index (κ3) is 1.77. The normalized spacial score (nSPS) is 27.1. The average molecular weight is 191 g/mol. The molecule has 1 heterocycles. The van der Waals surface area contributed by atoms with Crippen molar-refractivity contribution in [1.29, 1.82) is 0 Å². The zero-order valence-electron chi connectivity index (χ0n) is 7.81. The van der Waals surface area contributed by atoms with Gasteiger partial charge in [-0.1, -0.05) is 30.3 Å². The summed E-state index contributed by atoms with van der Waals surface area (Å²) in [6.07, 6.45) is 0.105. The van der Waals surface area contributed by atoms with Gasteiger partial charge in [0.25, 0.3) is 0 Å². The lowest BCUT2D eigenvalue weighted by Gasteiger charge is -2.26. The van der Waals surface area contributed by atoms with Crippen LogP contribution in [0.25, 0.3) is 0 Å². The fraction of sp³-hybridized carbons (Fsp3) is 0.364. The first-order chi connectivity index (χ1) is 6.77. The lowest BCUT2D eigenvalue weighted by atomic mass is 9.90. The molecule has 0 radical (unpaired) electrons. The molecule has 1 aliphatic heterocycles. The molecule has 1 amide bonds. The van der Waals surface area contributed by atoms with Crippen LogP contribution < -0.4 is 5.32 Å². The van der Waals surface area contributed by atoms with Gasteiger partial charge in [0.1, 0.15) is 0 Å². The van der Waals surface area contributed by atoms with E-state index < -0.39 is 6.10 Å². The van der Waals surface area contributed by atoms with E-state index in [-0.39, 0.29) is 11.8 Å². The van der Waals surface area contributed by atoms with Crippen molar-refractivity contribution in [2.75, 3.05) is 6.54 Å². The molecule has 2 N–H and O–H groups in total. The van der Waals surface area contributed by atoms with E-state index in [2.05, 4.69) is 5.32 Å². The number of hydrogen-bond acceptors (Lipinski definition) is 2. The highest BCUT2D eigenvalue weighted by Crippen LogP contribution is 2.23. The number of β-amino-alcohol motifs (C(OH)–C–C–N with tert-alkyl or cyclic N) is 1. The van der Waals surface area contributed by atoms with Gasteiger partial charge in [0.05, 0.1) is 12.0 Å². The van der Waals surface area contributed by atoms with Gasteiger partial charge in [-0.2, -0.15) is 0 Å². The summed E-state index contributed by atoms with van der Waals surface area (Å²) in [7, 11) is 0. The molecule has 1 saturated heterocycles. The number of carbonyl (C=O) groups excluding carboxylic acids is 1. The molecule has 0 spiro atoms. The molecular formula is C11H13NO2. The van der Waals surface area contributed by atoms with Crippen molar-refractivity contribution >= 4 is 5.91 Å². The van der Waals surface area contributed by atoms with Gasteiger partial charge in [-0.05, 0) is 12.0 Å². The molecule has 0 bridgehead atoms. The molecule has 3 heteroatoms. The molecule has 0 saturated carbocycles. The second kappa shape index (κ2) is 3.80. The first-order valence-corrected chi connectivity index (χ1v) is 4.78. The molecule has 1 aromatic rings. The predicted octanol–water partition coefficient (Wildman–Crippen LogP) is 0.651. The summed E-state index contributed by atoms with van der Waals surface area (Å²) in [5, 5.41) is 12.1. The summed E-state index contributed by atoms with van der Waals surface area (Å²) in [6.45, 7) is 0.377. The Morgan fingerprint density at radius 3 is 2.71 bits per heavy atom. The molecule has 2 unspecified atom stereocenters. The van der Waals surface area contributed by atoms with Crippen LogP contribution in [0.5, 0.6) is 0 Å². The van der Waals surface area contributed by atoms with E-state index >= 15 is 0 Å². The standard InChI is InChI=1S/C11H13NO2/c13-9-6-10(11(14)12-7-9)8-4-2-1-3-5-8/h1-5,9-10,13H,6-7H2,(H,12,14). The Morgan fingerprint density at radius 2 is 2.00 bits per heavy atom. The topological polar surface area (TPSA) is 49.3 Å². The van der Waals surface area contributed by atoms with Crippen LogP contribution in [0.15, 0.2) is 30.3 Å². The molecule has 1 fully saturated rings. The van der Waals surface area contributed by atoms with Crippen molar-refractivity contribution in [2.45, 2.75) is 18.4 Å². The fourth-order valence-electron chi connectivity index (χ4n) is 1.78. The Hall–Kier alpha value is -1.35. The number of amides is 1. The predicted molar refractivity (Wildman–Crippen MR) is 52.8 cm³/mol. The van der Waals surface area contributed by atoms with Crippen LogP contribution in [-0.2, 0) is 4.79 Å². The largest absolute Gasteiger partial charge is 0.391 e. The molecular weight excluding hydrogens is 178 g/mol. The number of piperidine rings is 1. The van der Waals surface area contributed by atoms with Gasteiger partial charge in [0.2, 0.25) is 5.91 Å². The Balaban J connectivity index is 2.20. The van der Waals surface area contributed by atoms with Crippen molar-refractivity contribution in [3.8, 4) is 0 Å². The molecule has 1 aromatic carbocycles. The monoisotopic (exact) mass is 191 g/mol. The van der Waals surface area contributed by atoms with Crippen LogP contribution in [0.4, 0.5) is 0 Å². The van der Waals surface area contributed by atoms with Crippen molar-refractivity contribution in [3.63, 3.8) is 0 Å². The number of carbonyl (C=O) groups is 1. The van der Waals surface area contributed by atoms with E-state index in [0.717, 1.165) is 5.56 Å². The van der Waals surface area contributed by atoms with Gasteiger partial charge >= 0.3 is 0 Å². The number of hydrogen-bond donors (Lipinski definition) is 2. The Bertz CT molecular complexity index is 323. The maximum Gasteiger partial charge on any atom is 0.227 e. The number of aliphatic hydroxyl groups excluding tert-OH is 1. The molecule has 3 nitrogen and oxygen atoms in total. The van der Waals surface area contributed by atoms with Crippen LogP contribution in [0.1, 0.15) is 17.9 Å². The Labute approximate surface area is 82.8 Å². The summed E-state index contributed by atoms with van der Waals surface area (Å²) in [5.41, 5.74) is 0.976. The van der Waals surface area contributed by atoms with Crippen LogP contribution >= 0.6 is 0 Å². The molecule has 1 aliphatic rings. The van der Waals surface area contributed by atoms with Gasteiger partial charge in [-0.25, -0.2) is 0 Å². The molecule has 2 rings (SSSR count). The SMILES string of the molecule is O=C1NCC(O)CC1c1ccccc1. The smallest absolute Gasteiger partial charge is 0.227 e. The molecule has 14 heavy (non-hydrogen) atoms. The number of nitrogens with one attached hydrogen (secondary N) is 1. The number of benzene rings is 1. The highest BCUT2D eigenvalue weighted by atomic mass is 16.3. The van der Waals surface area contributed by atoms with E-state index in [1.54, 1.807) is 0 Å². The number of aliphatic hydroxyl groups is 1. The van der Waals surface area contributed by atoms with Crippen molar-refractivity contribution in [1.82, 2.24) is 5.32 Å². The van der Waals surface area contributed by atoms with Gasteiger partial charge in [0.15, 0.2) is 0 Å². The van der Waals surface area contributed by atoms with Crippen LogP contribution in [-0.4, -0.2) is 23.7 Å². The molecule has 74 valence electrons. The third-order valence-electron chi connectivity index (χ3n) is 2.54. The van der Waals surface area contributed by atoms with Crippen molar-refractivity contribution < 1.29 is 9.90 Å². The van der Waals surface area contributed by atoms with E-state index in [4.69, 9.17) is 0 Å². The van der Waals surface area contributed by atoms with E-state index in [0.29, 0.717) is 13.0 Å². The van der Waals surface area contributed by atoms with Gasteiger partial charge < -0.3 is 10.4 Å². The first-order valence-electron chi connectivity index (χ1n) is 4.78. The fourth-order valence-corrected chi connectivity index (χ4v) is 1.78. The second-order valence-corrected chi connectivity index (χ2v) is 3.60. The lowest BCUT2D eigenvalue weighted by molar-refractivity contribution is -0.125. The Kier molecular flexibility index (Phi) is 2.50. The summed E-state index contributed by atoms with van der Waals surface area (Å²) in [5.74, 6) is -0.179. The summed E-state index contributed by atoms with van der Waals surface area (Å²) in [6, 6.07) is 9.57. The second-order valence-electron chi connectivity index (χ2n) is 3.60. The maximum atomic E-state index is 11.5. The van der Waals surface area contributed by atoms with Gasteiger partial charge in [0, 0.05) is 6.54 Å². The molecule has 0 aromatic heterocycles. The zero-order valence-corrected chi connectivity index (χ0v) is 7.81. The first kappa shape index (κ1) is 9.21. The van der Waals surface area contributed by atoms with E-state index in [1.165, 1.54) is 0 Å². The summed E-state index contributed by atoms with van der Waals surface area (Å²) in [4.78, 5) is 11.5. The minimum Gasteiger partial charge on any atom is -0.391 e. The van der Waals surface area contributed by atoms with E-state index in [9.17, 15) is 9.90 Å². The van der Waals surface area contributed by atoms with Crippen molar-refractivity contribution in [2.24, 2.45) is 0 Å². The van der Waals surface area contributed by atoms with Crippen LogP contribution in [0, 0.1) is 0 Å². The minimum absolute atomic E-state index is 0.0153. The molecule has 2 atom stereocenters. The summed E-state index contributed by atoms with van der Waals surface area (Å²) >= 11 is 0. The third-order valence-corrected chi connectivity index (χ3v) is 2.54. The van der Waals surface area contributed by atoms with Crippen LogP contribution in [0.3, 0.4) is 0 Å². The van der Waals surface area contributed by atoms with E-state index in [1.807, 2.05) is 30.3 Å². The highest BCUT2D eigenvalue weighted by Gasteiger charge is 2.28. The zero-order chi connectivity index (χ0) is 9.97. The highest BCUT2D eigenvalue weighted by molar-refractivity contribution is 5.84. The van der Waals surface area contributed by atoms with Gasteiger partial charge in [-0.3, -0.25) is 4.79 Å². The van der Waals surface area contributed by atoms with Gasteiger partial charge in [-0.15, -0.1) is 0 Å². The Morgan fingerprint density at radius 1 is 1.29 bits per heavy atom. The lowest BCUT2D eigenvalue weighted by Crippen LogP contribution is -2.42.